The van der Waals surface area contributed by atoms with E-state index in [1.165, 1.54) is 22.3 Å². The van der Waals surface area contributed by atoms with Crippen molar-refractivity contribution < 1.29 is 30.2 Å². The molecule has 11 rings (SSSR count). The molecule has 0 spiro atoms. The summed E-state index contributed by atoms with van der Waals surface area (Å²) in [6.45, 7) is 24.7. The molecule has 75 heavy (non-hydrogen) atoms. The molecule has 2 aromatic heterocycles. The Kier molecular flexibility index (Phi) is 13.7. The van der Waals surface area contributed by atoms with Crippen LogP contribution in [0.2, 0.25) is 0 Å². The number of ether oxygens (including phenoxy) is 1. The van der Waals surface area contributed by atoms with Crippen LogP contribution in [0.25, 0.3) is 61.0 Å². The van der Waals surface area contributed by atoms with Crippen LogP contribution in [-0.4, -0.2) is 9.55 Å². The van der Waals surface area contributed by atoms with Gasteiger partial charge in [0, 0.05) is 72.5 Å². The number of nitrogens with zero attached hydrogens (tertiary/aromatic N) is 4. The van der Waals surface area contributed by atoms with Crippen LogP contribution in [-0.2, 0) is 31.9 Å². The first-order valence-corrected chi connectivity index (χ1v) is 25.8. The van der Waals surface area contributed by atoms with Crippen molar-refractivity contribution in [1.82, 2.24) is 9.55 Å². The maximum Gasteiger partial charge on any atom is 0.135 e. The van der Waals surface area contributed by atoms with Crippen LogP contribution in [0.4, 0.5) is 27.1 Å². The molecule has 0 N–H and O–H groups in total. The number of hydrogen-bond donors (Lipinski definition) is 0. The molecule has 7 heteroatoms. The predicted molar refractivity (Wildman–Crippen MR) is 306 cm³/mol. The first-order chi connectivity index (χ1) is 35.5. The third-order valence-electron chi connectivity index (χ3n) is 14.4. The maximum absolute atomic E-state index is 14.8. The molecule has 0 radical (unpaired) electrons. The molecule has 0 unspecified atom stereocenters. The van der Waals surface area contributed by atoms with Crippen molar-refractivity contribution in [3.8, 4) is 50.7 Å². The maximum atomic E-state index is 14.8. The number of para-hydroxylation sites is 3. The van der Waals surface area contributed by atoms with Crippen LogP contribution < -0.4 is 14.5 Å². The minimum Gasteiger partial charge on any atom is -0.509 e. The fourth-order valence-corrected chi connectivity index (χ4v) is 10.2. The van der Waals surface area contributed by atoms with Crippen LogP contribution in [0.1, 0.15) is 103 Å². The molecule has 0 bridgehead atoms. The number of fused-ring (bicyclic) bond motifs is 4. The summed E-state index contributed by atoms with van der Waals surface area (Å²) >= 11 is 0. The Morgan fingerprint density at radius 1 is 0.533 bits per heavy atom. The summed E-state index contributed by atoms with van der Waals surface area (Å²) in [6.07, 6.45) is 1.90. The van der Waals surface area contributed by atoms with E-state index in [-0.39, 0.29) is 37.7 Å². The average molecular weight is 1170 g/mol. The van der Waals surface area contributed by atoms with E-state index in [4.69, 9.17) is 9.72 Å². The van der Waals surface area contributed by atoms with E-state index in [1.54, 1.807) is 12.1 Å². The van der Waals surface area contributed by atoms with Gasteiger partial charge in [0.1, 0.15) is 11.6 Å². The Hall–Kier alpha value is -7.27. The fourth-order valence-electron chi connectivity index (χ4n) is 10.2. The first kappa shape index (κ1) is 51.2. The van der Waals surface area contributed by atoms with Gasteiger partial charge >= 0.3 is 0 Å². The zero-order valence-corrected chi connectivity index (χ0v) is 46.6. The summed E-state index contributed by atoms with van der Waals surface area (Å²) in [5, 5.41) is 2.18. The van der Waals surface area contributed by atoms with E-state index in [9.17, 15) is 4.39 Å². The summed E-state index contributed by atoms with van der Waals surface area (Å²) in [5.74, 6) is 2.31. The summed E-state index contributed by atoms with van der Waals surface area (Å²) in [6, 6.07) is 66.2. The Labute approximate surface area is 456 Å². The van der Waals surface area contributed by atoms with E-state index in [2.05, 4.69) is 236 Å². The monoisotopic (exact) mass is 1160 g/mol. The van der Waals surface area contributed by atoms with Gasteiger partial charge in [0.2, 0.25) is 0 Å². The van der Waals surface area contributed by atoms with Crippen molar-refractivity contribution in [3.63, 3.8) is 0 Å². The van der Waals surface area contributed by atoms with E-state index in [1.807, 2.05) is 30.5 Å². The topological polar surface area (TPSA) is 33.5 Å². The van der Waals surface area contributed by atoms with E-state index >= 15 is 0 Å². The van der Waals surface area contributed by atoms with Crippen LogP contribution in [0.3, 0.4) is 0 Å². The summed E-state index contributed by atoms with van der Waals surface area (Å²) in [5.41, 5.74) is 16.7. The van der Waals surface area contributed by atoms with Crippen LogP contribution in [0.5, 0.6) is 11.5 Å². The van der Waals surface area contributed by atoms with Gasteiger partial charge < -0.3 is 19.1 Å². The van der Waals surface area contributed by atoms with Crippen LogP contribution in [0.15, 0.2) is 176 Å². The smallest absolute Gasteiger partial charge is 0.135 e. The van der Waals surface area contributed by atoms with Gasteiger partial charge in [-0.1, -0.05) is 166 Å². The van der Waals surface area contributed by atoms with Gasteiger partial charge in [-0.25, -0.2) is 9.37 Å². The minimum absolute atomic E-state index is 0. The molecule has 8 aromatic carbocycles. The first-order valence-electron chi connectivity index (χ1n) is 25.8. The number of pyridine rings is 1. The Morgan fingerprint density at radius 2 is 1.16 bits per heavy atom. The molecule has 1 aliphatic heterocycles. The quantitative estimate of drug-likeness (QED) is 0.128. The third kappa shape index (κ3) is 9.94. The second kappa shape index (κ2) is 20.1. The SMILES string of the molecule is CC(C)c1cc(-c2cc(C(C)(C)C)cc(-c3ccc(F)cc3)c2N2[CH-]N(c3[c-]c(Oc4[c-]c5c(cc4)c4ccccc4n5-c4cc(C(C)(C)C)ccn4)cc(-c4ccccc4)c3)c3ccccc32)cc(C(C)C)c1.[Pt]. The Balaban J connectivity index is 0.00000641. The number of rotatable bonds is 10. The van der Waals surface area contributed by atoms with Crippen molar-refractivity contribution >= 4 is 44.6 Å². The summed E-state index contributed by atoms with van der Waals surface area (Å²) in [7, 11) is 0. The Bertz CT molecular complexity index is 3710. The Morgan fingerprint density at radius 3 is 1.83 bits per heavy atom. The molecule has 1 aliphatic rings. The third-order valence-corrected chi connectivity index (χ3v) is 14.4. The second-order valence-electron chi connectivity index (χ2n) is 22.4. The van der Waals surface area contributed by atoms with Gasteiger partial charge in [-0.3, -0.25) is 0 Å². The molecular formula is C68H62FN4OPt-3. The minimum atomic E-state index is -0.271. The van der Waals surface area contributed by atoms with Gasteiger partial charge in [-0.05, 0) is 122 Å². The molecule has 0 amide bonds. The molecule has 0 atom stereocenters. The molecule has 380 valence electrons. The molecular weight excluding hydrogens is 1100 g/mol. The number of hydrogen-bond acceptors (Lipinski definition) is 4. The number of anilines is 4. The number of aromatic nitrogens is 2. The van der Waals surface area contributed by atoms with Gasteiger partial charge in [-0.2, -0.15) is 6.07 Å². The van der Waals surface area contributed by atoms with E-state index < -0.39 is 0 Å². The van der Waals surface area contributed by atoms with Crippen molar-refractivity contribution in [2.75, 3.05) is 9.80 Å². The normalized spacial score (nSPS) is 12.8. The van der Waals surface area contributed by atoms with Crippen molar-refractivity contribution in [3.05, 3.63) is 223 Å². The van der Waals surface area contributed by atoms with Gasteiger partial charge in [0.15, 0.2) is 0 Å². The van der Waals surface area contributed by atoms with E-state index in [0.717, 1.165) is 83.8 Å². The fraction of sp³-hybridized carbons (Fsp3) is 0.206. The second-order valence-corrected chi connectivity index (χ2v) is 22.4. The molecule has 0 saturated heterocycles. The molecule has 0 saturated carbocycles. The van der Waals surface area contributed by atoms with Gasteiger partial charge in [0.05, 0.1) is 0 Å². The zero-order chi connectivity index (χ0) is 51.6. The molecule has 0 fully saturated rings. The van der Waals surface area contributed by atoms with Gasteiger partial charge in [-0.15, -0.1) is 53.6 Å². The summed E-state index contributed by atoms with van der Waals surface area (Å²) in [4.78, 5) is 9.44. The van der Waals surface area contributed by atoms with Crippen LogP contribution in [0, 0.1) is 24.6 Å². The van der Waals surface area contributed by atoms with Crippen molar-refractivity contribution in [2.24, 2.45) is 0 Å². The van der Waals surface area contributed by atoms with E-state index in [0.29, 0.717) is 23.3 Å². The number of benzene rings is 8. The molecule has 10 aromatic rings. The van der Waals surface area contributed by atoms with Crippen molar-refractivity contribution in [1.29, 1.82) is 0 Å². The molecule has 3 heterocycles. The number of halogens is 1. The predicted octanol–water partition coefficient (Wildman–Crippen LogP) is 19.0. The standard InChI is InChI=1S/C68H62FN4O.Pt/c1-43(2)47-32-48(44(3)4)34-50(33-47)60-38-52(68(8,9)10)37-59(46-24-26-53(69)27-25-46)66(60)72-42-71(62-22-16-17-23-63(62)72)54-35-49(45-18-12-11-13-19-45)36-56(40-54)74-55-28-29-58-57-20-14-15-21-61(57)73(64(58)41-55)65-39-51(30-31-70-65)67(5,6)7;/h11-39,42-44H,1-10H3;/q-3;. The zero-order valence-electron chi connectivity index (χ0n) is 44.4. The largest absolute Gasteiger partial charge is 0.509 e. The average Bonchev–Trinajstić information content (AvgIpc) is 3.95. The summed E-state index contributed by atoms with van der Waals surface area (Å²) < 4.78 is 24.0. The molecule has 0 aliphatic carbocycles. The van der Waals surface area contributed by atoms with Crippen molar-refractivity contribution in [2.45, 2.75) is 91.9 Å². The van der Waals surface area contributed by atoms with Crippen LogP contribution >= 0.6 is 0 Å². The molecule has 5 nitrogen and oxygen atoms in total. The van der Waals surface area contributed by atoms with Gasteiger partial charge in [0.25, 0.3) is 0 Å².